The van der Waals surface area contributed by atoms with Gasteiger partial charge in [0.15, 0.2) is 0 Å². The minimum Gasteiger partial charge on any atom is -0.388 e. The first-order valence-electron chi connectivity index (χ1n) is 10.9. The van der Waals surface area contributed by atoms with Crippen molar-refractivity contribution >= 4 is 21.9 Å². The van der Waals surface area contributed by atoms with E-state index in [4.69, 9.17) is 4.74 Å². The molecule has 2 nitrogen and oxygen atoms in total. The van der Waals surface area contributed by atoms with Crippen molar-refractivity contribution in [3.05, 3.63) is 0 Å². The van der Waals surface area contributed by atoms with Crippen LogP contribution in [0, 0.1) is 23.7 Å². The highest BCUT2D eigenvalue weighted by molar-refractivity contribution is 6.78. The van der Waals surface area contributed by atoms with Gasteiger partial charge in [-0.15, -0.1) is 0 Å². The average molecular weight is 381 g/mol. The van der Waals surface area contributed by atoms with Gasteiger partial charge in [0.25, 0.3) is 0 Å². The molecule has 4 atom stereocenters. The number of carbonyl (C=O) groups excluding carboxylic acids is 1. The van der Waals surface area contributed by atoms with Gasteiger partial charge in [-0.05, 0) is 24.7 Å². The second kappa shape index (κ2) is 7.97. The number of hydrogen-bond acceptors (Lipinski definition) is 2. The molecule has 1 saturated heterocycles. The molecule has 4 heteroatoms. The van der Waals surface area contributed by atoms with E-state index in [1.807, 2.05) is 0 Å². The van der Waals surface area contributed by atoms with Crippen LogP contribution in [0.5, 0.6) is 0 Å². The van der Waals surface area contributed by atoms with Gasteiger partial charge in [-0.2, -0.15) is 0 Å². The Morgan fingerprint density at radius 1 is 0.720 bits per heavy atom. The number of ether oxygens (including phenoxy) is 1. The van der Waals surface area contributed by atoms with Crippen LogP contribution in [0.2, 0.25) is 38.3 Å². The minimum atomic E-state index is -1.36. The number of rotatable bonds is 0. The smallest absolute Gasteiger partial charge is 0.139 e. The summed E-state index contributed by atoms with van der Waals surface area (Å²) in [6.07, 6.45) is 12.2. The van der Waals surface area contributed by atoms with Gasteiger partial charge in [0, 0.05) is 24.3 Å². The van der Waals surface area contributed by atoms with E-state index in [0.717, 1.165) is 12.5 Å². The van der Waals surface area contributed by atoms with Gasteiger partial charge in [-0.3, -0.25) is 4.79 Å². The molecule has 0 amide bonds. The maximum Gasteiger partial charge on any atom is 0.139 e. The highest BCUT2D eigenvalue weighted by atomic mass is 28.3. The zero-order valence-corrected chi connectivity index (χ0v) is 19.1. The van der Waals surface area contributed by atoms with Crippen molar-refractivity contribution in [2.75, 3.05) is 12.5 Å². The third-order valence-corrected chi connectivity index (χ3v) is 12.4. The summed E-state index contributed by atoms with van der Waals surface area (Å²) >= 11 is 0. The van der Waals surface area contributed by atoms with Crippen molar-refractivity contribution in [3.63, 3.8) is 0 Å². The lowest BCUT2D eigenvalue weighted by Crippen LogP contribution is -2.46. The maximum atomic E-state index is 13.7. The van der Waals surface area contributed by atoms with Crippen LogP contribution < -0.4 is 0 Å². The van der Waals surface area contributed by atoms with Crippen molar-refractivity contribution in [1.82, 2.24) is 0 Å². The minimum absolute atomic E-state index is 0.385. The highest BCUT2D eigenvalue weighted by Crippen LogP contribution is 2.43. The first-order valence-corrected chi connectivity index (χ1v) is 17.7. The van der Waals surface area contributed by atoms with E-state index in [1.165, 1.54) is 63.5 Å². The van der Waals surface area contributed by atoms with Crippen LogP contribution in [0.4, 0.5) is 0 Å². The van der Waals surface area contributed by atoms with E-state index in [0.29, 0.717) is 29.5 Å². The molecule has 144 valence electrons. The zero-order valence-electron chi connectivity index (χ0n) is 17.1. The Bertz CT molecular complexity index is 435. The Kier molecular flexibility index (Phi) is 6.32. The van der Waals surface area contributed by atoms with E-state index in [-0.39, 0.29) is 0 Å². The van der Waals surface area contributed by atoms with Gasteiger partial charge in [0.1, 0.15) is 5.78 Å². The van der Waals surface area contributed by atoms with Crippen molar-refractivity contribution < 1.29 is 9.53 Å². The van der Waals surface area contributed by atoms with Crippen LogP contribution >= 0.6 is 0 Å². The van der Waals surface area contributed by atoms with Gasteiger partial charge < -0.3 is 4.74 Å². The molecule has 1 aliphatic heterocycles. The SMILES string of the molecule is C[Si]1(C)COC[Si](C)(C)CC2CCCCC2C(=O)C2CCCCC2C1. The third kappa shape index (κ3) is 5.07. The summed E-state index contributed by atoms with van der Waals surface area (Å²) in [5.74, 6) is 2.80. The van der Waals surface area contributed by atoms with Crippen LogP contribution in [-0.4, -0.2) is 34.4 Å². The average Bonchev–Trinajstić information content (AvgIpc) is 2.53. The Hall–Kier alpha value is 0.0638. The standard InChI is InChI=1S/C21H40O2Si2/c1-24(2)13-17-9-5-7-11-19(17)21(22)20-12-8-6-10-18(20)14-25(3,4)16-23-15-24/h17-20H,5-16H2,1-4H3. The Morgan fingerprint density at radius 2 is 1.12 bits per heavy atom. The maximum absolute atomic E-state index is 13.7. The molecule has 3 rings (SSSR count). The van der Waals surface area contributed by atoms with Crippen LogP contribution in [0.15, 0.2) is 0 Å². The van der Waals surface area contributed by atoms with Crippen molar-refractivity contribution in [2.24, 2.45) is 23.7 Å². The summed E-state index contributed by atoms with van der Waals surface area (Å²) in [7, 11) is -2.73. The second-order valence-corrected chi connectivity index (χ2v) is 21.0. The molecular weight excluding hydrogens is 340 g/mol. The normalized spacial score (nSPS) is 39.4. The summed E-state index contributed by atoms with van der Waals surface area (Å²) < 4.78 is 6.36. The molecule has 0 aromatic carbocycles. The van der Waals surface area contributed by atoms with E-state index in [1.54, 1.807) is 0 Å². The van der Waals surface area contributed by atoms with Gasteiger partial charge in [-0.25, -0.2) is 0 Å². The quantitative estimate of drug-likeness (QED) is 0.504. The fraction of sp³-hybridized carbons (Fsp3) is 0.952. The lowest BCUT2D eigenvalue weighted by atomic mass is 9.69. The first-order chi connectivity index (χ1) is 11.8. The van der Waals surface area contributed by atoms with Crippen molar-refractivity contribution in [1.29, 1.82) is 0 Å². The molecule has 0 N–H and O–H groups in total. The molecule has 3 fully saturated rings. The summed E-state index contributed by atoms with van der Waals surface area (Å²) in [4.78, 5) is 13.7. The fourth-order valence-electron chi connectivity index (χ4n) is 6.07. The van der Waals surface area contributed by atoms with Crippen LogP contribution in [0.1, 0.15) is 51.4 Å². The Labute approximate surface area is 157 Å². The van der Waals surface area contributed by atoms with E-state index in [9.17, 15) is 4.79 Å². The number of hydrogen-bond donors (Lipinski definition) is 0. The van der Waals surface area contributed by atoms with E-state index < -0.39 is 16.1 Å². The molecule has 25 heavy (non-hydrogen) atoms. The lowest BCUT2D eigenvalue weighted by Gasteiger charge is -2.42. The summed E-state index contributed by atoms with van der Waals surface area (Å²) in [6.45, 7) is 9.97. The largest absolute Gasteiger partial charge is 0.388 e. The second-order valence-electron chi connectivity index (χ2n) is 10.9. The zero-order chi connectivity index (χ0) is 18.1. The molecule has 2 aliphatic carbocycles. The predicted octanol–water partition coefficient (Wildman–Crippen LogP) is 5.69. The number of Topliss-reactive ketones (excluding diaryl/α,β-unsaturated/α-hetero) is 1. The first kappa shape index (κ1) is 19.8. The lowest BCUT2D eigenvalue weighted by molar-refractivity contribution is -0.132. The molecule has 0 bridgehead atoms. The molecule has 2 saturated carbocycles. The van der Waals surface area contributed by atoms with Crippen LogP contribution in [0.25, 0.3) is 0 Å². The number of ketones is 1. The predicted molar refractivity (Wildman–Crippen MR) is 111 cm³/mol. The molecular formula is C21H40O2Si2. The number of carbonyl (C=O) groups is 1. The number of fused-ring (bicyclic) bond motifs is 2. The summed E-state index contributed by atoms with van der Waals surface area (Å²) in [5, 5.41) is 0. The summed E-state index contributed by atoms with van der Waals surface area (Å²) in [5.41, 5.74) is 0. The van der Waals surface area contributed by atoms with Crippen molar-refractivity contribution in [2.45, 2.75) is 89.6 Å². The van der Waals surface area contributed by atoms with Gasteiger partial charge in [-0.1, -0.05) is 76.8 Å². The fourth-order valence-corrected chi connectivity index (χ4v) is 11.6. The van der Waals surface area contributed by atoms with Crippen LogP contribution in [-0.2, 0) is 9.53 Å². The molecule has 0 spiro atoms. The van der Waals surface area contributed by atoms with E-state index in [2.05, 4.69) is 26.2 Å². The Morgan fingerprint density at radius 3 is 1.56 bits per heavy atom. The summed E-state index contributed by atoms with van der Waals surface area (Å²) in [6, 6.07) is 2.62. The van der Waals surface area contributed by atoms with E-state index >= 15 is 0 Å². The van der Waals surface area contributed by atoms with Gasteiger partial charge >= 0.3 is 0 Å². The molecule has 0 aromatic heterocycles. The van der Waals surface area contributed by atoms with Crippen molar-refractivity contribution in [3.8, 4) is 0 Å². The third-order valence-electron chi connectivity index (χ3n) is 7.16. The van der Waals surface area contributed by atoms with Gasteiger partial charge in [0.05, 0.1) is 16.1 Å². The molecule has 3 aliphatic rings. The highest BCUT2D eigenvalue weighted by Gasteiger charge is 2.43. The molecule has 0 aromatic rings. The molecule has 0 radical (unpaired) electrons. The monoisotopic (exact) mass is 380 g/mol. The van der Waals surface area contributed by atoms with Gasteiger partial charge in [0.2, 0.25) is 0 Å². The molecule has 1 heterocycles. The van der Waals surface area contributed by atoms with Crippen LogP contribution in [0.3, 0.4) is 0 Å². The topological polar surface area (TPSA) is 26.3 Å². The Balaban J connectivity index is 1.86. The molecule has 4 unspecified atom stereocenters.